The molecule has 0 N–H and O–H groups in total. The quantitative estimate of drug-likeness (QED) is 0.519. The number of rotatable bonds is 9. The molecule has 0 aliphatic heterocycles. The largest absolute Gasteiger partial charge is 0.540 e. The van der Waals surface area contributed by atoms with Gasteiger partial charge in [-0.1, -0.05) is 63.1 Å². The Morgan fingerprint density at radius 2 is 1.17 bits per heavy atom. The minimum absolute atomic E-state index is 1.00. The average Bonchev–Trinajstić information content (AvgIpc) is 2.59. The first kappa shape index (κ1) is 18.8. The standard InChI is InChI=1S/C22H32OSi/c1-5-7-9-19-11-15-21(16-12-19)23-24(3,4)22-17-13-20(14-18-22)10-8-6-2/h11-18H,5-10H2,1-4H3. The summed E-state index contributed by atoms with van der Waals surface area (Å²) >= 11 is 0. The summed E-state index contributed by atoms with van der Waals surface area (Å²) in [6.45, 7) is 9.03. The highest BCUT2D eigenvalue weighted by molar-refractivity contribution is 6.84. The molecule has 0 heterocycles. The lowest BCUT2D eigenvalue weighted by molar-refractivity contribution is 0.564. The van der Waals surface area contributed by atoms with Crippen LogP contribution in [0.4, 0.5) is 0 Å². The van der Waals surface area contributed by atoms with Gasteiger partial charge in [0.25, 0.3) is 8.32 Å². The van der Waals surface area contributed by atoms with Gasteiger partial charge in [-0.25, -0.2) is 0 Å². The molecular weight excluding hydrogens is 308 g/mol. The molecule has 1 nitrogen and oxygen atoms in total. The molecule has 24 heavy (non-hydrogen) atoms. The van der Waals surface area contributed by atoms with Crippen LogP contribution in [-0.2, 0) is 12.8 Å². The number of hydrogen-bond acceptors (Lipinski definition) is 1. The summed E-state index contributed by atoms with van der Waals surface area (Å²) in [4.78, 5) is 0. The van der Waals surface area contributed by atoms with Gasteiger partial charge in [-0.2, -0.15) is 0 Å². The minimum Gasteiger partial charge on any atom is -0.540 e. The second-order valence-corrected chi connectivity index (χ2v) is 11.0. The van der Waals surface area contributed by atoms with Gasteiger partial charge >= 0.3 is 0 Å². The second-order valence-electron chi connectivity index (χ2n) is 7.16. The molecule has 0 fully saturated rings. The SMILES string of the molecule is CCCCc1ccc(O[Si](C)(C)c2ccc(CCCC)cc2)cc1. The minimum atomic E-state index is -1.92. The van der Waals surface area contributed by atoms with E-state index in [1.807, 2.05) is 0 Å². The summed E-state index contributed by atoms with van der Waals surface area (Å²) in [7, 11) is -1.92. The Morgan fingerprint density at radius 1 is 0.708 bits per heavy atom. The number of aryl methyl sites for hydroxylation is 2. The van der Waals surface area contributed by atoms with Crippen molar-refractivity contribution in [3.05, 3.63) is 59.7 Å². The summed E-state index contributed by atoms with van der Waals surface area (Å²) in [5.74, 6) is 1.00. The van der Waals surface area contributed by atoms with Crippen molar-refractivity contribution in [3.63, 3.8) is 0 Å². The van der Waals surface area contributed by atoms with Crippen molar-refractivity contribution in [1.82, 2.24) is 0 Å². The lowest BCUT2D eigenvalue weighted by atomic mass is 10.1. The fourth-order valence-corrected chi connectivity index (χ4v) is 4.72. The summed E-state index contributed by atoms with van der Waals surface area (Å²) in [5, 5.41) is 1.36. The molecule has 0 amide bonds. The zero-order chi connectivity index (χ0) is 17.4. The van der Waals surface area contributed by atoms with Crippen molar-refractivity contribution in [2.75, 3.05) is 0 Å². The Balaban J connectivity index is 2.01. The van der Waals surface area contributed by atoms with E-state index in [4.69, 9.17) is 4.43 Å². The monoisotopic (exact) mass is 340 g/mol. The van der Waals surface area contributed by atoms with Crippen LogP contribution in [0.3, 0.4) is 0 Å². The third kappa shape index (κ3) is 5.52. The molecule has 2 aromatic carbocycles. The van der Waals surface area contributed by atoms with Gasteiger partial charge in [-0.15, -0.1) is 0 Å². The van der Waals surface area contributed by atoms with Crippen molar-refractivity contribution in [2.45, 2.75) is 65.5 Å². The van der Waals surface area contributed by atoms with Gasteiger partial charge < -0.3 is 4.43 Å². The van der Waals surface area contributed by atoms with Gasteiger partial charge in [0, 0.05) is 0 Å². The molecule has 2 aromatic rings. The summed E-state index contributed by atoms with van der Waals surface area (Å²) in [6.07, 6.45) is 7.35. The van der Waals surface area contributed by atoms with Crippen LogP contribution in [0.5, 0.6) is 5.75 Å². The van der Waals surface area contributed by atoms with E-state index in [-0.39, 0.29) is 0 Å². The summed E-state index contributed by atoms with van der Waals surface area (Å²) in [6, 6.07) is 17.8. The normalized spacial score (nSPS) is 11.5. The van der Waals surface area contributed by atoms with Gasteiger partial charge in [0.05, 0.1) is 0 Å². The molecule has 0 saturated heterocycles. The zero-order valence-corrected chi connectivity index (χ0v) is 16.8. The van der Waals surface area contributed by atoms with E-state index in [1.54, 1.807) is 0 Å². The van der Waals surface area contributed by atoms with E-state index in [2.05, 4.69) is 75.5 Å². The third-order valence-corrected chi connectivity index (χ3v) is 7.05. The molecule has 2 rings (SSSR count). The summed E-state index contributed by atoms with van der Waals surface area (Å²) in [5.41, 5.74) is 2.84. The summed E-state index contributed by atoms with van der Waals surface area (Å²) < 4.78 is 6.41. The first-order chi connectivity index (χ1) is 11.5. The van der Waals surface area contributed by atoms with Gasteiger partial charge in [0.15, 0.2) is 0 Å². The molecule has 0 atom stereocenters. The van der Waals surface area contributed by atoms with Crippen LogP contribution in [0.15, 0.2) is 48.5 Å². The van der Waals surface area contributed by atoms with Gasteiger partial charge in [0.2, 0.25) is 0 Å². The van der Waals surface area contributed by atoms with E-state index < -0.39 is 8.32 Å². The molecule has 2 heteroatoms. The number of unbranched alkanes of at least 4 members (excludes halogenated alkanes) is 2. The van der Waals surface area contributed by atoms with Crippen LogP contribution in [0, 0.1) is 0 Å². The highest BCUT2D eigenvalue weighted by atomic mass is 28.4. The maximum absolute atomic E-state index is 6.41. The van der Waals surface area contributed by atoms with E-state index >= 15 is 0 Å². The average molecular weight is 341 g/mol. The molecular formula is C22H32OSi. The molecule has 0 aliphatic carbocycles. The van der Waals surface area contributed by atoms with Crippen LogP contribution in [-0.4, -0.2) is 8.32 Å². The van der Waals surface area contributed by atoms with Crippen molar-refractivity contribution in [3.8, 4) is 5.75 Å². The molecule has 0 saturated carbocycles. The number of benzene rings is 2. The second kappa shape index (κ2) is 9.07. The lowest BCUT2D eigenvalue weighted by Gasteiger charge is -2.25. The first-order valence-corrected chi connectivity index (χ1v) is 12.3. The van der Waals surface area contributed by atoms with E-state index in [1.165, 1.54) is 48.4 Å². The topological polar surface area (TPSA) is 9.23 Å². The van der Waals surface area contributed by atoms with Crippen LogP contribution >= 0.6 is 0 Å². The maximum atomic E-state index is 6.41. The van der Waals surface area contributed by atoms with Gasteiger partial charge in [-0.3, -0.25) is 0 Å². The first-order valence-electron chi connectivity index (χ1n) is 9.42. The van der Waals surface area contributed by atoms with Crippen molar-refractivity contribution >= 4 is 13.5 Å². The van der Waals surface area contributed by atoms with Crippen molar-refractivity contribution in [1.29, 1.82) is 0 Å². The Bertz CT molecular complexity index is 599. The lowest BCUT2D eigenvalue weighted by Crippen LogP contribution is -2.47. The predicted octanol–water partition coefficient (Wildman–Crippen LogP) is 5.86. The Morgan fingerprint density at radius 3 is 1.62 bits per heavy atom. The third-order valence-electron chi connectivity index (χ3n) is 4.58. The zero-order valence-electron chi connectivity index (χ0n) is 15.8. The predicted molar refractivity (Wildman–Crippen MR) is 108 cm³/mol. The molecule has 0 radical (unpaired) electrons. The molecule has 0 unspecified atom stereocenters. The van der Waals surface area contributed by atoms with E-state index in [0.717, 1.165) is 12.2 Å². The molecule has 0 spiro atoms. The molecule has 0 aliphatic rings. The Hall–Kier alpha value is -1.54. The maximum Gasteiger partial charge on any atom is 0.276 e. The fourth-order valence-electron chi connectivity index (χ4n) is 2.91. The highest BCUT2D eigenvalue weighted by Crippen LogP contribution is 2.18. The highest BCUT2D eigenvalue weighted by Gasteiger charge is 2.27. The van der Waals surface area contributed by atoms with Crippen LogP contribution < -0.4 is 9.61 Å². The molecule has 130 valence electrons. The molecule has 0 aromatic heterocycles. The van der Waals surface area contributed by atoms with Gasteiger partial charge in [-0.05, 0) is 67.2 Å². The van der Waals surface area contributed by atoms with Crippen LogP contribution in [0.25, 0.3) is 0 Å². The van der Waals surface area contributed by atoms with Crippen molar-refractivity contribution in [2.24, 2.45) is 0 Å². The van der Waals surface area contributed by atoms with E-state index in [0.29, 0.717) is 0 Å². The van der Waals surface area contributed by atoms with Gasteiger partial charge in [0.1, 0.15) is 5.75 Å². The van der Waals surface area contributed by atoms with Crippen molar-refractivity contribution < 1.29 is 4.43 Å². The van der Waals surface area contributed by atoms with E-state index in [9.17, 15) is 0 Å². The fraction of sp³-hybridized carbons (Fsp3) is 0.455. The Labute approximate surface area is 149 Å². The van der Waals surface area contributed by atoms with Crippen LogP contribution in [0.2, 0.25) is 13.1 Å². The van der Waals surface area contributed by atoms with Crippen LogP contribution in [0.1, 0.15) is 50.7 Å². The number of hydrogen-bond donors (Lipinski definition) is 0. The molecule has 0 bridgehead atoms. The smallest absolute Gasteiger partial charge is 0.276 e. The Kier molecular flexibility index (Phi) is 7.10.